The molecule has 0 heterocycles. The van der Waals surface area contributed by atoms with E-state index in [9.17, 15) is 29.7 Å². The van der Waals surface area contributed by atoms with Crippen LogP contribution in [0.3, 0.4) is 0 Å². The molecule has 2 atom stereocenters. The molecule has 61 heavy (non-hydrogen) atoms. The molecule has 0 spiro atoms. The smallest absolute Gasteiger partial charge is 0.184 e. The first-order valence-corrected chi connectivity index (χ1v) is 26.7. The van der Waals surface area contributed by atoms with Crippen LogP contribution in [0.25, 0.3) is 0 Å². The van der Waals surface area contributed by atoms with E-state index in [0.717, 1.165) is 96.3 Å². The number of aliphatic hydroxyl groups is 3. The molecule has 0 aliphatic rings. The van der Waals surface area contributed by atoms with Crippen LogP contribution in [0.1, 0.15) is 284 Å². The largest absolute Gasteiger partial charge is 0.394 e. The monoisotopic (exact) mass is 859 g/mol. The molecule has 3 N–H and O–H groups in total. The molecule has 0 aromatic carbocycles. The van der Waals surface area contributed by atoms with E-state index in [0.29, 0.717) is 19.3 Å². The SMILES string of the molecule is CCCCCCCCC=CCCCCCCCC(=O)C(CCCCCCCCCCCCCC)(C(=O)CCCCCCCC=CCCCCCCCC)C(=O)C(O)C(O)CO. The minimum absolute atomic E-state index is 0.0757. The van der Waals surface area contributed by atoms with Crippen molar-refractivity contribution in [2.45, 2.75) is 296 Å². The number of carbonyl (C=O) groups is 3. The van der Waals surface area contributed by atoms with Gasteiger partial charge in [0.2, 0.25) is 0 Å². The van der Waals surface area contributed by atoms with Crippen LogP contribution in [-0.4, -0.2) is 51.5 Å². The van der Waals surface area contributed by atoms with Gasteiger partial charge in [-0.25, -0.2) is 0 Å². The minimum atomic E-state index is -1.97. The molecule has 6 heteroatoms. The number of hydrogen-bond donors (Lipinski definition) is 3. The normalized spacial score (nSPS) is 13.9. The van der Waals surface area contributed by atoms with Gasteiger partial charge in [0.1, 0.15) is 17.6 Å². The predicted molar refractivity (Wildman–Crippen MR) is 261 cm³/mol. The first kappa shape index (κ1) is 59.4. The van der Waals surface area contributed by atoms with Crippen molar-refractivity contribution in [3.05, 3.63) is 24.3 Å². The van der Waals surface area contributed by atoms with Gasteiger partial charge < -0.3 is 15.3 Å². The molecular weight excluding hydrogens is 757 g/mol. The van der Waals surface area contributed by atoms with Crippen LogP contribution in [0.4, 0.5) is 0 Å². The summed E-state index contributed by atoms with van der Waals surface area (Å²) in [6.45, 7) is 5.93. The van der Waals surface area contributed by atoms with Crippen molar-refractivity contribution >= 4 is 17.3 Å². The van der Waals surface area contributed by atoms with Gasteiger partial charge in [0.25, 0.3) is 0 Å². The molecule has 0 aliphatic carbocycles. The zero-order valence-electron chi connectivity index (χ0n) is 40.7. The quantitative estimate of drug-likeness (QED) is 0.0319. The zero-order chi connectivity index (χ0) is 44.9. The molecule has 0 amide bonds. The third kappa shape index (κ3) is 32.7. The lowest BCUT2D eigenvalue weighted by Crippen LogP contribution is -2.54. The van der Waals surface area contributed by atoms with E-state index in [-0.39, 0.29) is 19.3 Å². The second-order valence-electron chi connectivity index (χ2n) is 18.6. The van der Waals surface area contributed by atoms with E-state index in [1.807, 2.05) is 0 Å². The fourth-order valence-corrected chi connectivity index (χ4v) is 8.73. The lowest BCUT2D eigenvalue weighted by atomic mass is 9.67. The Hall–Kier alpha value is -1.63. The minimum Gasteiger partial charge on any atom is -0.394 e. The Balaban J connectivity index is 5.25. The molecule has 0 aromatic rings. The number of unbranched alkanes of at least 4 members (excludes halogenated alkanes) is 33. The van der Waals surface area contributed by atoms with Gasteiger partial charge in [-0.1, -0.05) is 225 Å². The number of hydrogen-bond acceptors (Lipinski definition) is 6. The number of ketones is 3. The zero-order valence-corrected chi connectivity index (χ0v) is 40.7. The summed E-state index contributed by atoms with van der Waals surface area (Å²) in [4.78, 5) is 42.7. The molecule has 0 saturated carbocycles. The fourth-order valence-electron chi connectivity index (χ4n) is 8.73. The summed E-state index contributed by atoms with van der Waals surface area (Å²) in [6.07, 6.45) is 49.0. The van der Waals surface area contributed by atoms with Crippen LogP contribution in [0, 0.1) is 5.41 Å². The van der Waals surface area contributed by atoms with Crippen molar-refractivity contribution in [3.8, 4) is 0 Å². The van der Waals surface area contributed by atoms with Crippen molar-refractivity contribution < 1.29 is 29.7 Å². The van der Waals surface area contributed by atoms with Gasteiger partial charge in [-0.15, -0.1) is 0 Å². The van der Waals surface area contributed by atoms with E-state index in [2.05, 4.69) is 45.1 Å². The molecule has 0 saturated heterocycles. The lowest BCUT2D eigenvalue weighted by molar-refractivity contribution is -0.158. The van der Waals surface area contributed by atoms with Gasteiger partial charge in [0.05, 0.1) is 6.61 Å². The lowest BCUT2D eigenvalue weighted by Gasteiger charge is -2.33. The van der Waals surface area contributed by atoms with Gasteiger partial charge in [-0.05, 0) is 70.6 Å². The number of aliphatic hydroxyl groups excluding tert-OH is 3. The van der Waals surface area contributed by atoms with Crippen LogP contribution >= 0.6 is 0 Å². The topological polar surface area (TPSA) is 112 Å². The number of allylic oxidation sites excluding steroid dienone is 4. The summed E-state index contributed by atoms with van der Waals surface area (Å²) in [5, 5.41) is 31.0. The number of carbonyl (C=O) groups excluding carboxylic acids is 3. The molecule has 0 aromatic heterocycles. The highest BCUT2D eigenvalue weighted by atomic mass is 16.4. The van der Waals surface area contributed by atoms with Gasteiger partial charge in [-0.2, -0.15) is 0 Å². The van der Waals surface area contributed by atoms with E-state index in [4.69, 9.17) is 0 Å². The Kier molecular flexibility index (Phi) is 43.8. The van der Waals surface area contributed by atoms with Gasteiger partial charge in [0.15, 0.2) is 17.3 Å². The fraction of sp³-hybridized carbons (Fsp3) is 0.873. The van der Waals surface area contributed by atoms with Crippen molar-refractivity contribution in [1.82, 2.24) is 0 Å². The molecule has 2 unspecified atom stereocenters. The average Bonchev–Trinajstić information content (AvgIpc) is 3.27. The molecule has 0 rings (SSSR count). The Morgan fingerprint density at radius 1 is 0.393 bits per heavy atom. The molecule has 358 valence electrons. The Morgan fingerprint density at radius 3 is 0.951 bits per heavy atom. The average molecular weight is 859 g/mol. The van der Waals surface area contributed by atoms with Gasteiger partial charge in [0, 0.05) is 12.8 Å². The summed E-state index contributed by atoms with van der Waals surface area (Å²) in [6, 6.07) is 0. The molecule has 6 nitrogen and oxygen atoms in total. The molecule has 0 bridgehead atoms. The van der Waals surface area contributed by atoms with Gasteiger partial charge >= 0.3 is 0 Å². The van der Waals surface area contributed by atoms with Crippen LogP contribution in [0.2, 0.25) is 0 Å². The first-order valence-electron chi connectivity index (χ1n) is 26.7. The molecular formula is C55H102O6. The van der Waals surface area contributed by atoms with Crippen molar-refractivity contribution in [1.29, 1.82) is 0 Å². The Labute approximate surface area is 378 Å². The number of rotatable bonds is 49. The van der Waals surface area contributed by atoms with Crippen LogP contribution in [0.5, 0.6) is 0 Å². The van der Waals surface area contributed by atoms with Crippen molar-refractivity contribution in [3.63, 3.8) is 0 Å². The highest BCUT2D eigenvalue weighted by Crippen LogP contribution is 2.36. The number of Topliss-reactive ketones (excluding diaryl/α,β-unsaturated/α-hetero) is 3. The third-order valence-corrected chi connectivity index (χ3v) is 12.9. The highest BCUT2D eigenvalue weighted by molar-refractivity contribution is 6.25. The maximum Gasteiger partial charge on any atom is 0.184 e. The van der Waals surface area contributed by atoms with Crippen LogP contribution in [-0.2, 0) is 14.4 Å². The third-order valence-electron chi connectivity index (χ3n) is 12.9. The maximum atomic E-state index is 14.3. The van der Waals surface area contributed by atoms with Crippen LogP contribution in [0.15, 0.2) is 24.3 Å². The first-order chi connectivity index (χ1) is 29.8. The van der Waals surface area contributed by atoms with E-state index < -0.39 is 41.6 Å². The standard InChI is InChI=1S/C55H102O6/c1-4-7-10-13-16-19-22-25-27-29-31-34-37-40-43-46-51(58)55(54(61)53(60)50(57)49-56,48-45-42-39-36-33-24-21-18-15-12-9-6-3)52(59)47-44-41-38-35-32-30-28-26-23-20-17-14-11-8-5-2/h25-28,50,53,56-57,60H,4-24,29-49H2,1-3H3. The van der Waals surface area contributed by atoms with E-state index >= 15 is 0 Å². The second-order valence-corrected chi connectivity index (χ2v) is 18.6. The summed E-state index contributed by atoms with van der Waals surface area (Å²) in [7, 11) is 0. The van der Waals surface area contributed by atoms with Crippen molar-refractivity contribution in [2.24, 2.45) is 5.41 Å². The van der Waals surface area contributed by atoms with Gasteiger partial charge in [-0.3, -0.25) is 14.4 Å². The highest BCUT2D eigenvalue weighted by Gasteiger charge is 2.53. The molecule has 0 aliphatic heterocycles. The Bertz CT molecular complexity index is 997. The molecule has 0 radical (unpaired) electrons. The Morgan fingerprint density at radius 2 is 0.656 bits per heavy atom. The van der Waals surface area contributed by atoms with E-state index in [1.165, 1.54) is 128 Å². The maximum absolute atomic E-state index is 14.3. The predicted octanol–water partition coefficient (Wildman–Crippen LogP) is 15.6. The van der Waals surface area contributed by atoms with E-state index in [1.54, 1.807) is 0 Å². The molecule has 0 fully saturated rings. The summed E-state index contributed by atoms with van der Waals surface area (Å²) in [5.41, 5.74) is -1.96. The van der Waals surface area contributed by atoms with Crippen LogP contribution < -0.4 is 0 Å². The summed E-state index contributed by atoms with van der Waals surface area (Å²) < 4.78 is 0. The summed E-state index contributed by atoms with van der Waals surface area (Å²) in [5.74, 6) is -1.71. The van der Waals surface area contributed by atoms with Crippen molar-refractivity contribution in [2.75, 3.05) is 6.61 Å². The summed E-state index contributed by atoms with van der Waals surface area (Å²) >= 11 is 0. The second kappa shape index (κ2) is 45.0.